The fraction of sp³-hybridized carbons (Fsp3) is 0.520. The van der Waals surface area contributed by atoms with Crippen molar-refractivity contribution in [1.29, 1.82) is 0 Å². The first kappa shape index (κ1) is 22.5. The number of halogens is 2. The van der Waals surface area contributed by atoms with Crippen molar-refractivity contribution in [2.24, 2.45) is 11.8 Å². The minimum absolute atomic E-state index is 0. The first-order chi connectivity index (χ1) is 13.4. The summed E-state index contributed by atoms with van der Waals surface area (Å²) in [5, 5.41) is 0. The zero-order valence-electron chi connectivity index (χ0n) is 17.2. The predicted octanol–water partition coefficient (Wildman–Crippen LogP) is 5.80. The van der Waals surface area contributed by atoms with E-state index in [4.69, 9.17) is 0 Å². The molecule has 0 aromatic heterocycles. The van der Waals surface area contributed by atoms with Gasteiger partial charge >= 0.3 is 0 Å². The Bertz CT molecular complexity index is 743. The third kappa shape index (κ3) is 4.93. The molecule has 2 aromatic carbocycles. The van der Waals surface area contributed by atoms with E-state index in [1.165, 1.54) is 76.1 Å². The molecule has 1 aliphatic carbocycles. The zero-order chi connectivity index (χ0) is 18.1. The van der Waals surface area contributed by atoms with Crippen LogP contribution in [0.25, 0.3) is 0 Å². The van der Waals surface area contributed by atoms with Gasteiger partial charge in [-0.05, 0) is 86.2 Å². The molecule has 3 fully saturated rings. The van der Waals surface area contributed by atoms with Gasteiger partial charge in [0.05, 0.1) is 0 Å². The molecule has 0 bridgehead atoms. The van der Waals surface area contributed by atoms with E-state index in [9.17, 15) is 0 Å². The van der Waals surface area contributed by atoms with Crippen LogP contribution in [0.2, 0.25) is 0 Å². The molecular formula is C25H34Cl2N2. The number of hydrogen-bond acceptors (Lipinski definition) is 2. The van der Waals surface area contributed by atoms with E-state index in [1.54, 1.807) is 5.56 Å². The van der Waals surface area contributed by atoms with Crippen LogP contribution < -0.4 is 4.90 Å². The van der Waals surface area contributed by atoms with Crippen molar-refractivity contribution in [3.05, 3.63) is 65.7 Å². The van der Waals surface area contributed by atoms with Crippen LogP contribution in [0.5, 0.6) is 0 Å². The van der Waals surface area contributed by atoms with Gasteiger partial charge in [-0.15, -0.1) is 24.8 Å². The average molecular weight is 433 g/mol. The van der Waals surface area contributed by atoms with Crippen molar-refractivity contribution in [2.75, 3.05) is 37.6 Å². The molecule has 2 aliphatic heterocycles. The Morgan fingerprint density at radius 1 is 0.793 bits per heavy atom. The topological polar surface area (TPSA) is 6.48 Å². The lowest BCUT2D eigenvalue weighted by molar-refractivity contribution is 0.343. The van der Waals surface area contributed by atoms with E-state index in [-0.39, 0.29) is 24.8 Å². The predicted molar refractivity (Wildman–Crippen MR) is 128 cm³/mol. The summed E-state index contributed by atoms with van der Waals surface area (Å²) in [5.41, 5.74) is 4.50. The van der Waals surface area contributed by atoms with Gasteiger partial charge in [-0.3, -0.25) is 0 Å². The quantitative estimate of drug-likeness (QED) is 0.588. The highest BCUT2D eigenvalue weighted by molar-refractivity contribution is 5.85. The Morgan fingerprint density at radius 3 is 2.24 bits per heavy atom. The fourth-order valence-electron chi connectivity index (χ4n) is 5.75. The highest BCUT2D eigenvalue weighted by atomic mass is 35.5. The summed E-state index contributed by atoms with van der Waals surface area (Å²) in [5.74, 6) is 2.47. The number of likely N-dealkylation sites (tertiary alicyclic amines) is 1. The van der Waals surface area contributed by atoms with Gasteiger partial charge in [0.25, 0.3) is 0 Å². The number of rotatable bonds is 5. The maximum atomic E-state index is 2.62. The van der Waals surface area contributed by atoms with Crippen molar-refractivity contribution in [1.82, 2.24) is 4.90 Å². The van der Waals surface area contributed by atoms with Crippen LogP contribution in [0.1, 0.15) is 42.7 Å². The molecule has 3 unspecified atom stereocenters. The third-order valence-corrected chi connectivity index (χ3v) is 7.30. The molecule has 0 N–H and O–H groups in total. The van der Waals surface area contributed by atoms with Gasteiger partial charge in [0.15, 0.2) is 0 Å². The molecule has 5 rings (SSSR count). The minimum atomic E-state index is 0. The van der Waals surface area contributed by atoms with Crippen molar-refractivity contribution in [3.8, 4) is 0 Å². The number of nitrogens with zero attached hydrogens (tertiary/aromatic N) is 2. The van der Waals surface area contributed by atoms with Crippen LogP contribution in [-0.4, -0.2) is 37.6 Å². The number of fused-ring (bicyclic) bond motifs is 1. The molecule has 2 heterocycles. The van der Waals surface area contributed by atoms with Crippen LogP contribution in [0, 0.1) is 11.8 Å². The minimum Gasteiger partial charge on any atom is -0.371 e. The summed E-state index contributed by atoms with van der Waals surface area (Å²) >= 11 is 0. The summed E-state index contributed by atoms with van der Waals surface area (Å²) in [4.78, 5) is 5.23. The highest BCUT2D eigenvalue weighted by Crippen LogP contribution is 2.48. The van der Waals surface area contributed by atoms with E-state index in [2.05, 4.69) is 64.4 Å². The zero-order valence-corrected chi connectivity index (χ0v) is 18.8. The monoisotopic (exact) mass is 432 g/mol. The van der Waals surface area contributed by atoms with Crippen LogP contribution >= 0.6 is 24.8 Å². The van der Waals surface area contributed by atoms with Crippen molar-refractivity contribution < 1.29 is 0 Å². The Hall–Kier alpha value is -1.22. The van der Waals surface area contributed by atoms with E-state index in [0.717, 1.165) is 17.8 Å². The van der Waals surface area contributed by atoms with Gasteiger partial charge in [-0.1, -0.05) is 42.5 Å². The van der Waals surface area contributed by atoms with Crippen molar-refractivity contribution in [3.63, 3.8) is 0 Å². The van der Waals surface area contributed by atoms with E-state index >= 15 is 0 Å². The summed E-state index contributed by atoms with van der Waals surface area (Å²) in [6.45, 7) is 6.33. The fourth-order valence-corrected chi connectivity index (χ4v) is 5.75. The molecule has 4 heteroatoms. The summed E-state index contributed by atoms with van der Waals surface area (Å²) in [7, 11) is 0. The van der Waals surface area contributed by atoms with Crippen LogP contribution in [-0.2, 0) is 6.42 Å². The lowest BCUT2D eigenvalue weighted by Gasteiger charge is -2.23. The van der Waals surface area contributed by atoms with Gasteiger partial charge in [-0.2, -0.15) is 0 Å². The molecular weight excluding hydrogens is 399 g/mol. The number of para-hydroxylation sites is 1. The smallest absolute Gasteiger partial charge is 0.0366 e. The van der Waals surface area contributed by atoms with E-state index in [0.29, 0.717) is 0 Å². The Labute approximate surface area is 188 Å². The first-order valence-corrected chi connectivity index (χ1v) is 11.0. The molecule has 158 valence electrons. The number of hydrogen-bond donors (Lipinski definition) is 0. The Morgan fingerprint density at radius 2 is 1.52 bits per heavy atom. The molecule has 29 heavy (non-hydrogen) atoms. The second-order valence-electron chi connectivity index (χ2n) is 8.89. The molecule has 2 aromatic rings. The van der Waals surface area contributed by atoms with Gasteiger partial charge in [0.1, 0.15) is 0 Å². The maximum Gasteiger partial charge on any atom is 0.0366 e. The number of benzene rings is 2. The van der Waals surface area contributed by atoms with Crippen LogP contribution in [0.3, 0.4) is 0 Å². The Balaban J connectivity index is 0.00000120. The van der Waals surface area contributed by atoms with E-state index in [1.807, 2.05) is 0 Å². The molecule has 0 radical (unpaired) electrons. The van der Waals surface area contributed by atoms with Crippen molar-refractivity contribution >= 4 is 30.5 Å². The molecule has 3 atom stereocenters. The standard InChI is InChI=1S/C25H32N2.2ClH/c1-2-6-23(7-3-1)27-18-22-12-13-24(25(22)19-27)21-10-8-20(9-11-21)14-17-26-15-4-5-16-26;;/h1-3,6-11,22,24-25H,4-5,12-19H2;2*1H. The second kappa shape index (κ2) is 10.2. The van der Waals surface area contributed by atoms with Gasteiger partial charge < -0.3 is 9.80 Å². The average Bonchev–Trinajstić information content (AvgIpc) is 3.45. The van der Waals surface area contributed by atoms with Crippen LogP contribution in [0.4, 0.5) is 5.69 Å². The Kier molecular flexibility index (Phi) is 7.90. The molecule has 3 aliphatic rings. The molecule has 2 nitrogen and oxygen atoms in total. The van der Waals surface area contributed by atoms with Gasteiger partial charge in [0.2, 0.25) is 0 Å². The normalized spacial score (nSPS) is 26.1. The summed E-state index contributed by atoms with van der Waals surface area (Å²) in [6.07, 6.45) is 6.77. The molecule has 1 saturated carbocycles. The lowest BCUT2D eigenvalue weighted by Crippen LogP contribution is -2.22. The second-order valence-corrected chi connectivity index (χ2v) is 8.89. The van der Waals surface area contributed by atoms with Crippen LogP contribution in [0.15, 0.2) is 54.6 Å². The number of anilines is 1. The molecule has 2 saturated heterocycles. The van der Waals surface area contributed by atoms with E-state index < -0.39 is 0 Å². The molecule has 0 amide bonds. The van der Waals surface area contributed by atoms with Crippen molar-refractivity contribution in [2.45, 2.75) is 38.0 Å². The first-order valence-electron chi connectivity index (χ1n) is 11.0. The summed E-state index contributed by atoms with van der Waals surface area (Å²) < 4.78 is 0. The summed E-state index contributed by atoms with van der Waals surface area (Å²) in [6, 6.07) is 20.7. The van der Waals surface area contributed by atoms with Gasteiger partial charge in [0, 0.05) is 25.3 Å². The lowest BCUT2D eigenvalue weighted by atomic mass is 9.86. The molecule has 0 spiro atoms. The maximum absolute atomic E-state index is 2.62. The van der Waals surface area contributed by atoms with Gasteiger partial charge in [-0.25, -0.2) is 0 Å². The third-order valence-electron chi connectivity index (χ3n) is 7.30. The largest absolute Gasteiger partial charge is 0.371 e. The SMILES string of the molecule is Cl.Cl.c1ccc(N2CC3CCC(c4ccc(CCN5CCCC5)cc4)C3C2)cc1. The highest BCUT2D eigenvalue weighted by Gasteiger charge is 2.43.